The minimum atomic E-state index is -0.981. The third-order valence-electron chi connectivity index (χ3n) is 20.0. The molecule has 13 rings (SSSR count). The SMILES string of the molecule is CCc1c(F)ccc2cc(O)cc(-c3ccc4c(N5CCC[C@@](C)(O)C5)nc(OC[C@@]56CCCN5[C@H](COC(=O)N5CCC7(CC5)CC(N5CCC(c8ccc9c(c8)n(C)c(=O)n9C8CCC(=O)NC8=O)CC5)C7)CC6)nc4c3F)c12. The average Bonchev–Trinajstić information content (AvgIpc) is 4.22. The van der Waals surface area contributed by atoms with Crippen LogP contribution in [0.3, 0.4) is 0 Å². The second-order valence-corrected chi connectivity index (χ2v) is 25.0. The maximum absolute atomic E-state index is 17.4. The number of aliphatic hydroxyl groups is 1. The standard InChI is InChI=1S/C62H73F2N9O8/c1-4-43-47(63)11-7-39-29-42(74)31-46(52(39)43)44-9-10-45-54(53(44)64)66-57(67-55(45)71-23-5-18-60(2,79)35-71)81-36-62-19-6-24-72(62)40(15-20-62)34-80-59(78)70-27-21-61(22-28-70)32-41(33-61)69-25-16-37(17-26-69)38-8-12-48-50(30-38)68(3)58(77)73(48)49-13-14-51(75)65-56(49)76/h7-12,29-31,37,40-41,49,74,79H,4-6,13-28,32-36H2,1-3H3,(H,65,75,76)/t40-,49?,60+,62-/m0/s1. The van der Waals surface area contributed by atoms with E-state index in [0.29, 0.717) is 95.9 Å². The number of fused-ring (bicyclic) bond motifs is 4. The molecule has 3 N–H and O–H groups in total. The highest BCUT2D eigenvalue weighted by atomic mass is 19.1. The molecule has 7 aliphatic rings. The number of phenolic OH excluding ortho intramolecular Hbond substituents is 1. The molecule has 0 bridgehead atoms. The van der Waals surface area contributed by atoms with Crippen molar-refractivity contribution < 1.29 is 42.9 Å². The van der Waals surface area contributed by atoms with Gasteiger partial charge in [0, 0.05) is 62.7 Å². The van der Waals surface area contributed by atoms with Crippen LogP contribution in [0.25, 0.3) is 43.8 Å². The zero-order valence-electron chi connectivity index (χ0n) is 46.7. The van der Waals surface area contributed by atoms with Gasteiger partial charge in [0.25, 0.3) is 0 Å². The van der Waals surface area contributed by atoms with Crippen LogP contribution in [0, 0.1) is 17.0 Å². The normalized spacial score (nSPS) is 25.8. The maximum atomic E-state index is 17.4. The summed E-state index contributed by atoms with van der Waals surface area (Å²) >= 11 is 0. The Labute approximate surface area is 469 Å². The van der Waals surface area contributed by atoms with Crippen molar-refractivity contribution in [3.63, 3.8) is 0 Å². The van der Waals surface area contributed by atoms with Crippen molar-refractivity contribution in [2.24, 2.45) is 12.5 Å². The lowest BCUT2D eigenvalue weighted by Gasteiger charge is -2.56. The van der Waals surface area contributed by atoms with Gasteiger partial charge in [-0.3, -0.25) is 28.9 Å². The monoisotopic (exact) mass is 1110 g/mol. The number of β-amino-alcohol motifs (C(OH)–C–C–N with tert-alkyl or cyclic N) is 1. The molecule has 1 spiro atoms. The summed E-state index contributed by atoms with van der Waals surface area (Å²) in [7, 11) is 1.74. The predicted molar refractivity (Wildman–Crippen MR) is 302 cm³/mol. The van der Waals surface area contributed by atoms with Crippen LogP contribution in [0.4, 0.5) is 19.4 Å². The molecule has 6 aliphatic heterocycles. The van der Waals surface area contributed by atoms with E-state index < -0.39 is 29.2 Å². The zero-order chi connectivity index (χ0) is 56.1. The molecule has 19 heteroatoms. The van der Waals surface area contributed by atoms with Crippen molar-refractivity contribution in [2.45, 2.75) is 145 Å². The number of ether oxygens (including phenoxy) is 2. The van der Waals surface area contributed by atoms with E-state index in [-0.39, 0.29) is 83.7 Å². The van der Waals surface area contributed by atoms with Crippen LogP contribution < -0.4 is 20.6 Å². The predicted octanol–water partition coefficient (Wildman–Crippen LogP) is 8.62. The Kier molecular flexibility index (Phi) is 13.6. The zero-order valence-corrected chi connectivity index (χ0v) is 46.7. The number of nitrogens with one attached hydrogen (secondary N) is 1. The van der Waals surface area contributed by atoms with Crippen molar-refractivity contribution in [1.82, 2.24) is 39.1 Å². The minimum absolute atomic E-state index is 0.0181. The molecule has 8 heterocycles. The Hall–Kier alpha value is -6.70. The van der Waals surface area contributed by atoms with Gasteiger partial charge in [0.1, 0.15) is 42.2 Å². The van der Waals surface area contributed by atoms with Gasteiger partial charge >= 0.3 is 17.8 Å². The number of nitrogens with zero attached hydrogens (tertiary/aromatic N) is 8. The molecule has 17 nitrogen and oxygen atoms in total. The van der Waals surface area contributed by atoms with E-state index in [1.165, 1.54) is 17.7 Å². The lowest BCUT2D eigenvalue weighted by Crippen LogP contribution is -2.56. The van der Waals surface area contributed by atoms with Crippen LogP contribution in [0.2, 0.25) is 0 Å². The molecule has 6 aromatic rings. The van der Waals surface area contributed by atoms with E-state index in [2.05, 4.69) is 27.2 Å². The van der Waals surface area contributed by atoms with Gasteiger partial charge in [0.2, 0.25) is 11.8 Å². The lowest BCUT2D eigenvalue weighted by molar-refractivity contribution is -0.135. The van der Waals surface area contributed by atoms with Gasteiger partial charge in [-0.25, -0.2) is 18.4 Å². The molecule has 428 valence electrons. The number of carbonyl (C=O) groups is 3. The Morgan fingerprint density at radius 1 is 0.852 bits per heavy atom. The van der Waals surface area contributed by atoms with Gasteiger partial charge in [0.15, 0.2) is 5.82 Å². The van der Waals surface area contributed by atoms with Crippen molar-refractivity contribution >= 4 is 56.4 Å². The van der Waals surface area contributed by atoms with E-state index in [1.807, 2.05) is 22.8 Å². The third-order valence-corrected chi connectivity index (χ3v) is 20.0. The Morgan fingerprint density at radius 3 is 2.41 bits per heavy atom. The van der Waals surface area contributed by atoms with Gasteiger partial charge in [-0.15, -0.1) is 0 Å². The summed E-state index contributed by atoms with van der Waals surface area (Å²) in [5.41, 5.74) is 2.38. The fourth-order valence-corrected chi connectivity index (χ4v) is 15.6. The Balaban J connectivity index is 0.624. The largest absolute Gasteiger partial charge is 0.508 e. The van der Waals surface area contributed by atoms with E-state index >= 15 is 8.78 Å². The summed E-state index contributed by atoms with van der Waals surface area (Å²) in [5, 5.41) is 26.0. The number of hydrogen-bond acceptors (Lipinski definition) is 13. The van der Waals surface area contributed by atoms with Gasteiger partial charge in [0.05, 0.1) is 22.2 Å². The number of halogens is 2. The van der Waals surface area contributed by atoms with Crippen molar-refractivity contribution in [1.29, 1.82) is 0 Å². The molecule has 1 aliphatic carbocycles. The number of anilines is 1. The summed E-state index contributed by atoms with van der Waals surface area (Å²) in [6.45, 7) is 9.30. The molecule has 7 fully saturated rings. The van der Waals surface area contributed by atoms with E-state index in [9.17, 15) is 29.4 Å². The highest BCUT2D eigenvalue weighted by Crippen LogP contribution is 2.52. The molecule has 2 aromatic heterocycles. The summed E-state index contributed by atoms with van der Waals surface area (Å²) in [6.07, 6.45) is 11.7. The summed E-state index contributed by atoms with van der Waals surface area (Å²) in [4.78, 5) is 70.2. The topological polar surface area (TPSA) is 188 Å². The number of likely N-dealkylation sites (tertiary alicyclic amines) is 2. The number of imide groups is 1. The lowest BCUT2D eigenvalue weighted by atomic mass is 9.59. The van der Waals surface area contributed by atoms with Gasteiger partial charge in [-0.05, 0) is 192 Å². The van der Waals surface area contributed by atoms with E-state index in [0.717, 1.165) is 89.4 Å². The fourth-order valence-electron chi connectivity index (χ4n) is 15.6. The number of amides is 3. The molecule has 1 unspecified atom stereocenters. The first kappa shape index (κ1) is 53.6. The summed E-state index contributed by atoms with van der Waals surface area (Å²) in [6, 6.07) is 15.5. The second-order valence-electron chi connectivity index (χ2n) is 25.0. The van der Waals surface area contributed by atoms with E-state index in [4.69, 9.17) is 19.4 Å². The first-order chi connectivity index (χ1) is 39.0. The number of hydrogen-bond donors (Lipinski definition) is 3. The smallest absolute Gasteiger partial charge is 0.409 e. The number of rotatable bonds is 11. The number of piperidine rings is 4. The average molecular weight is 1110 g/mol. The molecule has 3 amide bonds. The van der Waals surface area contributed by atoms with Crippen LogP contribution >= 0.6 is 0 Å². The Morgan fingerprint density at radius 2 is 1.64 bits per heavy atom. The van der Waals surface area contributed by atoms with Gasteiger partial charge in [-0.2, -0.15) is 9.97 Å². The summed E-state index contributed by atoms with van der Waals surface area (Å²) < 4.78 is 48.5. The van der Waals surface area contributed by atoms with Crippen LogP contribution in [-0.4, -0.2) is 144 Å². The third kappa shape index (κ3) is 9.57. The van der Waals surface area contributed by atoms with Crippen LogP contribution in [0.5, 0.6) is 11.8 Å². The van der Waals surface area contributed by atoms with Crippen LogP contribution in [0.1, 0.15) is 127 Å². The molecule has 4 atom stereocenters. The number of imidazole rings is 1. The van der Waals surface area contributed by atoms with Gasteiger partial charge < -0.3 is 34.4 Å². The highest BCUT2D eigenvalue weighted by molar-refractivity contribution is 6.03. The molecule has 81 heavy (non-hydrogen) atoms. The first-order valence-corrected chi connectivity index (χ1v) is 29.5. The molecule has 0 radical (unpaired) electrons. The number of aryl methyl sites for hydroxylation is 2. The Bertz CT molecular complexity index is 3560. The molecule has 1 saturated carbocycles. The number of carbonyl (C=O) groups excluding carboxylic acids is 3. The molecular weight excluding hydrogens is 1040 g/mol. The maximum Gasteiger partial charge on any atom is 0.409 e. The van der Waals surface area contributed by atoms with Crippen molar-refractivity contribution in [3.8, 4) is 22.9 Å². The van der Waals surface area contributed by atoms with Crippen molar-refractivity contribution in [3.05, 3.63) is 87.8 Å². The fraction of sp³-hybridized carbons (Fsp3) is 0.548. The molecular formula is C62H73F2N9O8. The number of phenols is 1. The number of aromatic nitrogens is 4. The quantitative estimate of drug-likeness (QED) is 0.105. The molecule has 4 aromatic carbocycles. The van der Waals surface area contributed by atoms with Crippen LogP contribution in [-0.2, 0) is 27.8 Å². The number of aromatic hydroxyl groups is 1. The number of benzene rings is 4. The second kappa shape index (κ2) is 20.6. The van der Waals surface area contributed by atoms with E-state index in [1.54, 1.807) is 47.4 Å². The molecule has 6 saturated heterocycles. The van der Waals surface area contributed by atoms with Crippen molar-refractivity contribution in [2.75, 3.05) is 63.9 Å². The summed E-state index contributed by atoms with van der Waals surface area (Å²) in [5.74, 6) is -1.01. The highest BCUT2D eigenvalue weighted by Gasteiger charge is 2.52. The van der Waals surface area contributed by atoms with Crippen LogP contribution in [0.15, 0.2) is 59.4 Å². The van der Waals surface area contributed by atoms with Gasteiger partial charge in [-0.1, -0.05) is 25.1 Å². The minimum Gasteiger partial charge on any atom is -0.508 e. The first-order valence-electron chi connectivity index (χ1n) is 29.5.